The van der Waals surface area contributed by atoms with Crippen LogP contribution in [0.1, 0.15) is 22.3 Å². The van der Waals surface area contributed by atoms with E-state index < -0.39 is 39.9 Å². The number of hydrogen-bond acceptors (Lipinski definition) is 6. The zero-order chi connectivity index (χ0) is 28.6. The van der Waals surface area contributed by atoms with Crippen LogP contribution in [0.5, 0.6) is 11.5 Å². The molecule has 1 aliphatic rings. The minimum atomic E-state index is -4.78. The smallest absolute Gasteiger partial charge is 0.416 e. The number of rotatable bonds is 5. The van der Waals surface area contributed by atoms with Gasteiger partial charge >= 0.3 is 11.9 Å². The Hall–Kier alpha value is -4.29. The summed E-state index contributed by atoms with van der Waals surface area (Å²) in [7, 11) is 0. The van der Waals surface area contributed by atoms with Crippen LogP contribution in [0, 0.1) is 24.0 Å². The first-order valence-electron chi connectivity index (χ1n) is 11.1. The van der Waals surface area contributed by atoms with Gasteiger partial charge in [0.15, 0.2) is 5.11 Å². The molecular formula is C26H17ClF3N3O5S. The van der Waals surface area contributed by atoms with Crippen LogP contribution in [0.3, 0.4) is 0 Å². The average molecular weight is 576 g/mol. The highest BCUT2D eigenvalue weighted by molar-refractivity contribution is 7.80. The number of thiocarbonyl (C=S) groups is 1. The molecule has 200 valence electrons. The van der Waals surface area contributed by atoms with Crippen LogP contribution in [-0.2, 0) is 15.8 Å². The number of nitrogens with one attached hydrogen (secondary N) is 1. The van der Waals surface area contributed by atoms with Crippen molar-refractivity contribution < 1.29 is 32.4 Å². The first kappa shape index (κ1) is 27.7. The third-order valence-electron chi connectivity index (χ3n) is 5.66. The van der Waals surface area contributed by atoms with Crippen LogP contribution in [-0.4, -0.2) is 21.9 Å². The van der Waals surface area contributed by atoms with E-state index in [1.807, 2.05) is 13.0 Å². The van der Waals surface area contributed by atoms with Crippen LogP contribution < -0.4 is 15.0 Å². The number of benzene rings is 3. The van der Waals surface area contributed by atoms with Gasteiger partial charge in [-0.05, 0) is 73.6 Å². The summed E-state index contributed by atoms with van der Waals surface area (Å²) < 4.78 is 44.3. The van der Waals surface area contributed by atoms with Crippen LogP contribution in [0.4, 0.5) is 24.5 Å². The van der Waals surface area contributed by atoms with E-state index in [4.69, 9.17) is 28.6 Å². The Kier molecular flexibility index (Phi) is 7.44. The van der Waals surface area contributed by atoms with Crippen molar-refractivity contribution in [3.05, 3.63) is 97.6 Å². The monoisotopic (exact) mass is 575 g/mol. The number of nitrogens with zero attached hydrogens (tertiary/aromatic N) is 2. The van der Waals surface area contributed by atoms with E-state index in [0.717, 1.165) is 17.2 Å². The van der Waals surface area contributed by atoms with Gasteiger partial charge < -0.3 is 4.74 Å². The third kappa shape index (κ3) is 5.76. The molecule has 0 aromatic heterocycles. The fourth-order valence-corrected chi connectivity index (χ4v) is 4.33. The molecule has 1 aliphatic heterocycles. The first-order chi connectivity index (χ1) is 18.3. The maximum absolute atomic E-state index is 13.3. The van der Waals surface area contributed by atoms with Crippen molar-refractivity contribution in [1.82, 2.24) is 5.32 Å². The van der Waals surface area contributed by atoms with Gasteiger partial charge in [0.2, 0.25) is 5.75 Å². The predicted molar refractivity (Wildman–Crippen MR) is 142 cm³/mol. The average Bonchev–Trinajstić information content (AvgIpc) is 2.84. The van der Waals surface area contributed by atoms with E-state index >= 15 is 0 Å². The van der Waals surface area contributed by atoms with Crippen LogP contribution in [0.2, 0.25) is 5.02 Å². The minimum absolute atomic E-state index is 0.0750. The van der Waals surface area contributed by atoms with Gasteiger partial charge in [-0.3, -0.25) is 29.9 Å². The molecule has 3 aromatic rings. The molecule has 4 rings (SSSR count). The number of carbonyl (C=O) groups excluding carboxylic acids is 2. The Balaban J connectivity index is 1.64. The van der Waals surface area contributed by atoms with E-state index in [0.29, 0.717) is 23.4 Å². The number of amides is 2. The number of ether oxygens (including phenoxy) is 1. The lowest BCUT2D eigenvalue weighted by Gasteiger charge is -2.30. The Morgan fingerprint density at radius 2 is 1.74 bits per heavy atom. The fourth-order valence-electron chi connectivity index (χ4n) is 3.83. The Labute approximate surface area is 229 Å². The summed E-state index contributed by atoms with van der Waals surface area (Å²) in [5, 5.41) is 13.7. The number of hydrogen-bond donors (Lipinski definition) is 1. The van der Waals surface area contributed by atoms with E-state index in [-0.39, 0.29) is 21.5 Å². The van der Waals surface area contributed by atoms with Crippen molar-refractivity contribution in [3.8, 4) is 11.5 Å². The zero-order valence-electron chi connectivity index (χ0n) is 20.1. The van der Waals surface area contributed by atoms with Gasteiger partial charge in [-0.2, -0.15) is 13.2 Å². The number of anilines is 1. The highest BCUT2D eigenvalue weighted by atomic mass is 35.5. The second-order valence-corrected chi connectivity index (χ2v) is 9.27. The lowest BCUT2D eigenvalue weighted by atomic mass is 10.0. The van der Waals surface area contributed by atoms with Gasteiger partial charge in [0.1, 0.15) is 11.3 Å². The molecule has 1 saturated heterocycles. The molecule has 13 heteroatoms. The highest BCUT2D eigenvalue weighted by Crippen LogP contribution is 2.39. The summed E-state index contributed by atoms with van der Waals surface area (Å²) in [6.45, 7) is 3.70. The molecule has 0 aliphatic carbocycles. The molecule has 0 unspecified atom stereocenters. The van der Waals surface area contributed by atoms with Crippen molar-refractivity contribution in [2.75, 3.05) is 4.90 Å². The quantitative estimate of drug-likeness (QED) is 0.122. The second kappa shape index (κ2) is 10.5. The number of carbonyl (C=O) groups is 2. The third-order valence-corrected chi connectivity index (χ3v) is 6.24. The fraction of sp³-hybridized carbons (Fsp3) is 0.115. The largest absolute Gasteiger partial charge is 0.449 e. The maximum Gasteiger partial charge on any atom is 0.416 e. The van der Waals surface area contributed by atoms with Crippen LogP contribution in [0.25, 0.3) is 6.08 Å². The topological polar surface area (TPSA) is 102 Å². The van der Waals surface area contributed by atoms with Gasteiger partial charge in [-0.25, -0.2) is 0 Å². The molecule has 39 heavy (non-hydrogen) atoms. The van der Waals surface area contributed by atoms with E-state index in [1.54, 1.807) is 19.1 Å². The number of nitro groups is 1. The predicted octanol–water partition coefficient (Wildman–Crippen LogP) is 6.51. The number of halogens is 4. The Bertz CT molecular complexity index is 1590. The van der Waals surface area contributed by atoms with Crippen LogP contribution >= 0.6 is 23.8 Å². The van der Waals surface area contributed by atoms with Gasteiger partial charge in [0.05, 0.1) is 21.2 Å². The normalized spacial score (nSPS) is 15.0. The van der Waals surface area contributed by atoms with E-state index in [2.05, 4.69) is 5.32 Å². The molecule has 8 nitrogen and oxygen atoms in total. The molecule has 1 N–H and O–H groups in total. The molecule has 0 spiro atoms. The van der Waals surface area contributed by atoms with Gasteiger partial charge in [-0.15, -0.1) is 0 Å². The lowest BCUT2D eigenvalue weighted by molar-refractivity contribution is -0.385. The van der Waals surface area contributed by atoms with Crippen molar-refractivity contribution in [2.24, 2.45) is 0 Å². The summed E-state index contributed by atoms with van der Waals surface area (Å²) in [4.78, 5) is 37.4. The molecule has 0 radical (unpaired) electrons. The standard InChI is InChI=1S/C26H17ClF3N3O5S/c1-13-3-6-19(14(2)9-13)32-24(35)17(23(34)31-25(32)39)10-15-4-7-21(18(27)11-15)38-22-8-5-16(26(28,29)30)12-20(22)33(36)37/h3-12H,1-2H3,(H,31,34,39)/b17-10+. The van der Waals surface area contributed by atoms with Crippen molar-refractivity contribution in [1.29, 1.82) is 0 Å². The van der Waals surface area contributed by atoms with Crippen LogP contribution in [0.15, 0.2) is 60.2 Å². The molecule has 0 saturated carbocycles. The molecule has 3 aromatic carbocycles. The number of aryl methyl sites for hydroxylation is 2. The molecule has 0 atom stereocenters. The lowest BCUT2D eigenvalue weighted by Crippen LogP contribution is -2.54. The zero-order valence-corrected chi connectivity index (χ0v) is 21.7. The maximum atomic E-state index is 13.3. The van der Waals surface area contributed by atoms with Gasteiger partial charge in [0.25, 0.3) is 11.8 Å². The molecular weight excluding hydrogens is 559 g/mol. The SMILES string of the molecule is Cc1ccc(N2C(=O)/C(=C/c3ccc(Oc4ccc(C(F)(F)F)cc4[N+](=O)[O-])c(Cl)c3)C(=O)NC2=S)c(C)c1. The highest BCUT2D eigenvalue weighted by Gasteiger charge is 2.35. The Morgan fingerprint density at radius 3 is 2.36 bits per heavy atom. The number of alkyl halides is 3. The van der Waals surface area contributed by atoms with E-state index in [1.165, 1.54) is 29.2 Å². The molecule has 0 bridgehead atoms. The van der Waals surface area contributed by atoms with Gasteiger partial charge in [0, 0.05) is 6.07 Å². The summed E-state index contributed by atoms with van der Waals surface area (Å²) in [5.74, 6) is -1.94. The second-order valence-electron chi connectivity index (χ2n) is 8.48. The number of nitro benzene ring substituents is 1. The molecule has 1 fully saturated rings. The summed E-state index contributed by atoms with van der Waals surface area (Å²) in [6.07, 6.45) is -3.50. The summed E-state index contributed by atoms with van der Waals surface area (Å²) >= 11 is 11.5. The van der Waals surface area contributed by atoms with Gasteiger partial charge in [-0.1, -0.05) is 35.4 Å². The van der Waals surface area contributed by atoms with Crippen molar-refractivity contribution in [3.63, 3.8) is 0 Å². The van der Waals surface area contributed by atoms with Crippen molar-refractivity contribution >= 4 is 58.2 Å². The summed E-state index contributed by atoms with van der Waals surface area (Å²) in [6, 6.07) is 11.3. The Morgan fingerprint density at radius 1 is 1.05 bits per heavy atom. The molecule has 2 amide bonds. The molecule has 1 heterocycles. The van der Waals surface area contributed by atoms with E-state index in [9.17, 15) is 32.9 Å². The summed E-state index contributed by atoms with van der Waals surface area (Å²) in [5.41, 5.74) is 0.209. The first-order valence-corrected chi connectivity index (χ1v) is 11.9. The van der Waals surface area contributed by atoms with Crippen molar-refractivity contribution in [2.45, 2.75) is 20.0 Å². The minimum Gasteiger partial charge on any atom is -0.449 e.